The Balaban J connectivity index is 1.39. The molecule has 3 aliphatic heterocycles. The minimum atomic E-state index is -0.624. The van der Waals surface area contributed by atoms with Gasteiger partial charge in [0.25, 0.3) is 0 Å². The van der Waals surface area contributed by atoms with Crippen LogP contribution in [-0.2, 0) is 30.5 Å². The SMILES string of the molecule is CN[C@@H](C)C(=O)N[C@H]1CCCC[C@H]2CC[C@@H](C(=O)NCc3cccc(OC4CCOC4=O)c3)N2C1=O. The molecule has 1 aromatic rings. The second kappa shape index (κ2) is 11.7. The molecular formula is C26H36N4O6. The van der Waals surface area contributed by atoms with E-state index in [0.717, 1.165) is 31.2 Å². The zero-order valence-corrected chi connectivity index (χ0v) is 21.0. The molecule has 3 heterocycles. The monoisotopic (exact) mass is 500 g/mol. The van der Waals surface area contributed by atoms with Crippen molar-refractivity contribution in [2.45, 2.75) is 88.7 Å². The highest BCUT2D eigenvalue weighted by atomic mass is 16.6. The smallest absolute Gasteiger partial charge is 0.347 e. The molecule has 3 fully saturated rings. The molecule has 4 rings (SSSR count). The van der Waals surface area contributed by atoms with Crippen LogP contribution in [0.25, 0.3) is 0 Å². The van der Waals surface area contributed by atoms with Gasteiger partial charge in [-0.15, -0.1) is 0 Å². The number of benzene rings is 1. The van der Waals surface area contributed by atoms with Gasteiger partial charge in [-0.2, -0.15) is 0 Å². The van der Waals surface area contributed by atoms with Gasteiger partial charge in [0.2, 0.25) is 17.7 Å². The quantitative estimate of drug-likeness (QED) is 0.455. The minimum absolute atomic E-state index is 0.0116. The molecule has 0 aromatic heterocycles. The Bertz CT molecular complexity index is 985. The Morgan fingerprint density at radius 1 is 1.14 bits per heavy atom. The maximum absolute atomic E-state index is 13.5. The van der Waals surface area contributed by atoms with E-state index in [0.29, 0.717) is 31.6 Å². The Morgan fingerprint density at radius 2 is 1.94 bits per heavy atom. The van der Waals surface area contributed by atoms with Gasteiger partial charge < -0.3 is 30.3 Å². The van der Waals surface area contributed by atoms with Crippen LogP contribution in [0.4, 0.5) is 0 Å². The van der Waals surface area contributed by atoms with Crippen molar-refractivity contribution in [2.24, 2.45) is 0 Å². The Morgan fingerprint density at radius 3 is 2.69 bits per heavy atom. The molecular weight excluding hydrogens is 464 g/mol. The Hall–Kier alpha value is -3.14. The first-order valence-corrected chi connectivity index (χ1v) is 12.9. The lowest BCUT2D eigenvalue weighted by Crippen LogP contribution is -2.57. The van der Waals surface area contributed by atoms with Crippen LogP contribution >= 0.6 is 0 Å². The van der Waals surface area contributed by atoms with Crippen molar-refractivity contribution in [3.63, 3.8) is 0 Å². The van der Waals surface area contributed by atoms with Gasteiger partial charge in [-0.3, -0.25) is 14.4 Å². The maximum Gasteiger partial charge on any atom is 0.347 e. The van der Waals surface area contributed by atoms with Crippen LogP contribution in [0.5, 0.6) is 5.75 Å². The number of cyclic esters (lactones) is 1. The lowest BCUT2D eigenvalue weighted by molar-refractivity contribution is -0.144. The maximum atomic E-state index is 13.5. The van der Waals surface area contributed by atoms with E-state index >= 15 is 0 Å². The van der Waals surface area contributed by atoms with Gasteiger partial charge in [0, 0.05) is 19.0 Å². The Labute approximate surface area is 211 Å². The minimum Gasteiger partial charge on any atom is -0.479 e. The third kappa shape index (κ3) is 5.98. The Kier molecular flexibility index (Phi) is 8.45. The van der Waals surface area contributed by atoms with Gasteiger partial charge in [0.1, 0.15) is 17.8 Å². The molecule has 3 N–H and O–H groups in total. The second-order valence-electron chi connectivity index (χ2n) is 9.78. The molecule has 3 aliphatic rings. The summed E-state index contributed by atoms with van der Waals surface area (Å²) in [6, 6.07) is 5.65. The molecule has 0 aliphatic carbocycles. The van der Waals surface area contributed by atoms with E-state index in [9.17, 15) is 19.2 Å². The number of carbonyl (C=O) groups is 4. The summed E-state index contributed by atoms with van der Waals surface area (Å²) in [5.41, 5.74) is 0.826. The molecule has 36 heavy (non-hydrogen) atoms. The van der Waals surface area contributed by atoms with Crippen LogP contribution in [0.15, 0.2) is 24.3 Å². The summed E-state index contributed by atoms with van der Waals surface area (Å²) in [5.74, 6) is -0.419. The van der Waals surface area contributed by atoms with E-state index in [1.807, 2.05) is 12.1 Å². The van der Waals surface area contributed by atoms with E-state index < -0.39 is 24.2 Å². The van der Waals surface area contributed by atoms with E-state index in [4.69, 9.17) is 9.47 Å². The number of likely N-dealkylation sites (N-methyl/N-ethyl adjacent to an activating group) is 1. The van der Waals surface area contributed by atoms with Crippen molar-refractivity contribution in [3.8, 4) is 5.75 Å². The molecule has 1 aromatic carbocycles. The lowest BCUT2D eigenvalue weighted by atomic mass is 9.98. The summed E-state index contributed by atoms with van der Waals surface area (Å²) in [6.45, 7) is 2.38. The normalized spacial score (nSPS) is 26.9. The summed E-state index contributed by atoms with van der Waals surface area (Å²) in [6.07, 6.45) is 4.54. The summed E-state index contributed by atoms with van der Waals surface area (Å²) in [4.78, 5) is 52.6. The number of nitrogens with zero attached hydrogens (tertiary/aromatic N) is 1. The number of carbonyl (C=O) groups excluding carboxylic acids is 4. The molecule has 3 amide bonds. The molecule has 0 spiro atoms. The third-order valence-corrected chi connectivity index (χ3v) is 7.31. The lowest BCUT2D eigenvalue weighted by Gasteiger charge is -2.35. The van der Waals surface area contributed by atoms with Gasteiger partial charge in [0.15, 0.2) is 6.10 Å². The van der Waals surface area contributed by atoms with Crippen LogP contribution in [0.1, 0.15) is 57.4 Å². The first-order chi connectivity index (χ1) is 17.4. The first kappa shape index (κ1) is 25.9. The van der Waals surface area contributed by atoms with E-state index in [1.54, 1.807) is 31.0 Å². The fraction of sp³-hybridized carbons (Fsp3) is 0.615. The molecule has 0 saturated carbocycles. The van der Waals surface area contributed by atoms with Crippen LogP contribution in [0.3, 0.4) is 0 Å². The number of amides is 3. The second-order valence-corrected chi connectivity index (χ2v) is 9.78. The predicted molar refractivity (Wildman–Crippen MR) is 131 cm³/mol. The zero-order chi connectivity index (χ0) is 25.7. The molecule has 5 atom stereocenters. The van der Waals surface area contributed by atoms with Crippen LogP contribution in [0, 0.1) is 0 Å². The summed E-state index contributed by atoms with van der Waals surface area (Å²) >= 11 is 0. The molecule has 3 saturated heterocycles. The predicted octanol–water partition coefficient (Wildman–Crippen LogP) is 1.02. The molecule has 0 bridgehead atoms. The molecule has 10 heteroatoms. The number of nitrogens with one attached hydrogen (secondary N) is 3. The number of fused-ring (bicyclic) bond motifs is 1. The zero-order valence-electron chi connectivity index (χ0n) is 21.0. The number of ether oxygens (including phenoxy) is 2. The standard InChI is InChI=1S/C26H36N4O6/c1-16(27-2)23(31)29-20-9-4-3-7-18-10-11-21(30(18)25(20)33)24(32)28-15-17-6-5-8-19(14-17)36-22-12-13-35-26(22)34/h5-6,8,14,16,18,20-22,27H,3-4,7,9-13,15H2,1-2H3,(H,28,32)(H,29,31)/t16-,18-,20-,21-,22?/m0/s1. The number of hydrogen-bond donors (Lipinski definition) is 3. The molecule has 1 unspecified atom stereocenters. The average molecular weight is 501 g/mol. The number of esters is 1. The van der Waals surface area contributed by atoms with Crippen molar-refractivity contribution >= 4 is 23.7 Å². The largest absolute Gasteiger partial charge is 0.479 e. The fourth-order valence-corrected chi connectivity index (χ4v) is 5.14. The summed E-state index contributed by atoms with van der Waals surface area (Å²) in [7, 11) is 1.70. The van der Waals surface area contributed by atoms with Gasteiger partial charge >= 0.3 is 5.97 Å². The van der Waals surface area contributed by atoms with Crippen molar-refractivity contribution < 1.29 is 28.7 Å². The van der Waals surface area contributed by atoms with Gasteiger partial charge in [0.05, 0.1) is 12.6 Å². The van der Waals surface area contributed by atoms with Gasteiger partial charge in [-0.1, -0.05) is 25.0 Å². The van der Waals surface area contributed by atoms with Gasteiger partial charge in [-0.05, 0) is 57.4 Å². The number of hydrogen-bond acceptors (Lipinski definition) is 7. The summed E-state index contributed by atoms with van der Waals surface area (Å²) in [5, 5.41) is 8.75. The van der Waals surface area contributed by atoms with Crippen LogP contribution in [-0.4, -0.2) is 72.5 Å². The van der Waals surface area contributed by atoms with Crippen LogP contribution < -0.4 is 20.7 Å². The first-order valence-electron chi connectivity index (χ1n) is 12.9. The third-order valence-electron chi connectivity index (χ3n) is 7.31. The number of rotatable bonds is 8. The van der Waals surface area contributed by atoms with E-state index in [1.165, 1.54) is 0 Å². The van der Waals surface area contributed by atoms with Crippen molar-refractivity contribution in [2.75, 3.05) is 13.7 Å². The summed E-state index contributed by atoms with van der Waals surface area (Å²) < 4.78 is 10.7. The van der Waals surface area contributed by atoms with Gasteiger partial charge in [-0.25, -0.2) is 4.79 Å². The average Bonchev–Trinajstić information content (AvgIpc) is 3.48. The van der Waals surface area contributed by atoms with Crippen molar-refractivity contribution in [3.05, 3.63) is 29.8 Å². The molecule has 196 valence electrons. The highest BCUT2D eigenvalue weighted by Crippen LogP contribution is 2.31. The fourth-order valence-electron chi connectivity index (χ4n) is 5.14. The molecule has 10 nitrogen and oxygen atoms in total. The highest BCUT2D eigenvalue weighted by Gasteiger charge is 2.43. The highest BCUT2D eigenvalue weighted by molar-refractivity contribution is 5.93. The van der Waals surface area contributed by atoms with Crippen molar-refractivity contribution in [1.82, 2.24) is 20.9 Å². The topological polar surface area (TPSA) is 126 Å². The van der Waals surface area contributed by atoms with E-state index in [-0.39, 0.29) is 36.3 Å². The van der Waals surface area contributed by atoms with E-state index in [2.05, 4.69) is 16.0 Å². The molecule has 0 radical (unpaired) electrons. The van der Waals surface area contributed by atoms with Crippen LogP contribution in [0.2, 0.25) is 0 Å². The van der Waals surface area contributed by atoms with Crippen molar-refractivity contribution in [1.29, 1.82) is 0 Å².